The summed E-state index contributed by atoms with van der Waals surface area (Å²) in [5.41, 5.74) is 0.774. The van der Waals surface area contributed by atoms with E-state index < -0.39 is 17.9 Å². The number of carbonyl (C=O) groups excluding carboxylic acids is 2. The van der Waals surface area contributed by atoms with Crippen molar-refractivity contribution in [2.45, 2.75) is 64.6 Å². The number of halogens is 1. The lowest BCUT2D eigenvalue weighted by Gasteiger charge is -2.25. The average Bonchev–Trinajstić information content (AvgIpc) is 2.66. The van der Waals surface area contributed by atoms with Crippen LogP contribution in [-0.2, 0) is 11.3 Å². The summed E-state index contributed by atoms with van der Waals surface area (Å²) in [5.74, 6) is -0.550. The average molecular weight is 380 g/mol. The van der Waals surface area contributed by atoms with Gasteiger partial charge < -0.3 is 15.0 Å². The number of rotatable bonds is 7. The van der Waals surface area contributed by atoms with E-state index in [1.165, 1.54) is 19.6 Å². The smallest absolute Gasteiger partial charge is 0.321 e. The van der Waals surface area contributed by atoms with E-state index in [-0.39, 0.29) is 17.7 Å². The molecule has 0 bridgehead atoms. The maximum Gasteiger partial charge on any atom is 0.321 e. The topological polar surface area (TPSA) is 71.9 Å². The standard InChI is InChI=1S/C20H30FN3O3/c1-4-24(13-15-10-11-18(27-3)17(21)12-15)14(2)19(25)23-20(26)22-16-8-6-5-7-9-16/h10-12,14,16H,4-9,13H2,1-3H3,(H2,22,23,25,26)/p+1/t14-/m0/s1. The predicted molar refractivity (Wildman–Crippen MR) is 101 cm³/mol. The molecule has 0 heterocycles. The number of likely N-dealkylation sites (N-methyl/N-ethyl adjacent to an activating group) is 1. The van der Waals surface area contributed by atoms with Crippen LogP contribution in [0.1, 0.15) is 51.5 Å². The molecule has 0 radical (unpaired) electrons. The Balaban J connectivity index is 1.90. The first kappa shape index (κ1) is 21.2. The summed E-state index contributed by atoms with van der Waals surface area (Å²) in [7, 11) is 1.42. The van der Waals surface area contributed by atoms with Crippen molar-refractivity contribution in [2.75, 3.05) is 13.7 Å². The zero-order chi connectivity index (χ0) is 19.8. The van der Waals surface area contributed by atoms with E-state index >= 15 is 0 Å². The Morgan fingerprint density at radius 1 is 1.30 bits per heavy atom. The fourth-order valence-corrected chi connectivity index (χ4v) is 3.54. The van der Waals surface area contributed by atoms with Gasteiger partial charge in [0.1, 0.15) is 6.54 Å². The molecule has 27 heavy (non-hydrogen) atoms. The second-order valence-electron chi connectivity index (χ2n) is 7.18. The number of benzene rings is 1. The summed E-state index contributed by atoms with van der Waals surface area (Å²) in [6, 6.07) is 4.09. The lowest BCUT2D eigenvalue weighted by atomic mass is 9.96. The van der Waals surface area contributed by atoms with E-state index in [4.69, 9.17) is 4.74 Å². The molecule has 1 aromatic carbocycles. The Morgan fingerprint density at radius 2 is 2.00 bits per heavy atom. The van der Waals surface area contributed by atoms with Gasteiger partial charge in [0.05, 0.1) is 13.7 Å². The number of urea groups is 1. The van der Waals surface area contributed by atoms with Crippen LogP contribution in [0.3, 0.4) is 0 Å². The van der Waals surface area contributed by atoms with E-state index in [1.54, 1.807) is 19.1 Å². The molecule has 6 nitrogen and oxygen atoms in total. The highest BCUT2D eigenvalue weighted by molar-refractivity contribution is 5.96. The lowest BCUT2D eigenvalue weighted by molar-refractivity contribution is -0.926. The third-order valence-electron chi connectivity index (χ3n) is 5.28. The van der Waals surface area contributed by atoms with Crippen LogP contribution in [0.25, 0.3) is 0 Å². The van der Waals surface area contributed by atoms with Crippen molar-refractivity contribution in [3.63, 3.8) is 0 Å². The van der Waals surface area contributed by atoms with E-state index in [9.17, 15) is 14.0 Å². The quantitative estimate of drug-likeness (QED) is 0.675. The van der Waals surface area contributed by atoms with Gasteiger partial charge in [-0.05, 0) is 44.9 Å². The molecular formula is C20H31FN3O3+. The van der Waals surface area contributed by atoms with E-state index in [1.807, 2.05) is 6.92 Å². The van der Waals surface area contributed by atoms with Crippen LogP contribution >= 0.6 is 0 Å². The number of carbonyl (C=O) groups is 2. The Morgan fingerprint density at radius 3 is 2.59 bits per heavy atom. The maximum atomic E-state index is 13.9. The van der Waals surface area contributed by atoms with Crippen LogP contribution in [0.15, 0.2) is 18.2 Å². The van der Waals surface area contributed by atoms with Crippen molar-refractivity contribution >= 4 is 11.9 Å². The van der Waals surface area contributed by atoms with Crippen LogP contribution < -0.4 is 20.3 Å². The molecule has 3 N–H and O–H groups in total. The Bertz CT molecular complexity index is 647. The van der Waals surface area contributed by atoms with Gasteiger partial charge in [-0.15, -0.1) is 0 Å². The van der Waals surface area contributed by atoms with Crippen LogP contribution in [0.4, 0.5) is 9.18 Å². The molecule has 1 fully saturated rings. The summed E-state index contributed by atoms with van der Waals surface area (Å²) >= 11 is 0. The highest BCUT2D eigenvalue weighted by atomic mass is 19.1. The second-order valence-corrected chi connectivity index (χ2v) is 7.18. The first-order valence-corrected chi connectivity index (χ1v) is 9.73. The van der Waals surface area contributed by atoms with Crippen LogP contribution in [-0.4, -0.2) is 37.7 Å². The Kier molecular flexibility index (Phi) is 8.03. The predicted octanol–water partition coefficient (Wildman–Crippen LogP) is 1.79. The SMILES string of the molecule is CC[NH+](Cc1ccc(OC)c(F)c1)[C@@H](C)C(=O)NC(=O)NC1CCCCC1. The van der Waals surface area contributed by atoms with Crippen molar-refractivity contribution in [1.29, 1.82) is 0 Å². The molecule has 1 aliphatic carbocycles. The fraction of sp³-hybridized carbons (Fsp3) is 0.600. The summed E-state index contributed by atoms with van der Waals surface area (Å²) in [4.78, 5) is 25.5. The van der Waals surface area contributed by atoms with Gasteiger partial charge in [-0.25, -0.2) is 9.18 Å². The molecule has 1 saturated carbocycles. The lowest BCUT2D eigenvalue weighted by Crippen LogP contribution is -3.15. The normalized spacial score (nSPS) is 17.0. The van der Waals surface area contributed by atoms with Crippen LogP contribution in [0, 0.1) is 5.82 Å². The molecular weight excluding hydrogens is 349 g/mol. The third kappa shape index (κ3) is 6.20. The third-order valence-corrected chi connectivity index (χ3v) is 5.28. The van der Waals surface area contributed by atoms with Gasteiger partial charge in [0.25, 0.3) is 5.91 Å². The number of methoxy groups -OCH3 is 1. The number of quaternary nitrogens is 1. The van der Waals surface area contributed by atoms with Crippen LogP contribution in [0.2, 0.25) is 0 Å². The van der Waals surface area contributed by atoms with Crippen molar-refractivity contribution in [3.05, 3.63) is 29.6 Å². The van der Waals surface area contributed by atoms with Gasteiger partial charge in [0.15, 0.2) is 17.6 Å². The zero-order valence-corrected chi connectivity index (χ0v) is 16.4. The number of nitrogens with one attached hydrogen (secondary N) is 3. The van der Waals surface area contributed by atoms with Gasteiger partial charge in [0, 0.05) is 11.6 Å². The maximum absolute atomic E-state index is 13.9. The number of imide groups is 1. The summed E-state index contributed by atoms with van der Waals surface area (Å²) in [5, 5.41) is 5.34. The van der Waals surface area contributed by atoms with E-state index in [2.05, 4.69) is 10.6 Å². The minimum atomic E-state index is -0.433. The first-order chi connectivity index (χ1) is 12.9. The molecule has 1 aliphatic rings. The number of hydrogen-bond acceptors (Lipinski definition) is 3. The molecule has 2 rings (SSSR count). The van der Waals surface area contributed by atoms with Gasteiger partial charge in [-0.2, -0.15) is 0 Å². The minimum Gasteiger partial charge on any atom is -0.494 e. The fourth-order valence-electron chi connectivity index (χ4n) is 3.54. The summed E-state index contributed by atoms with van der Waals surface area (Å²) in [6.45, 7) is 4.89. The van der Waals surface area contributed by atoms with Gasteiger partial charge in [0.2, 0.25) is 0 Å². The van der Waals surface area contributed by atoms with Crippen molar-refractivity contribution in [1.82, 2.24) is 10.6 Å². The molecule has 0 saturated heterocycles. The van der Waals surface area contributed by atoms with Gasteiger partial charge in [-0.3, -0.25) is 10.1 Å². The van der Waals surface area contributed by atoms with Gasteiger partial charge >= 0.3 is 6.03 Å². The molecule has 0 aromatic heterocycles. The second kappa shape index (κ2) is 10.3. The van der Waals surface area contributed by atoms with Crippen molar-refractivity contribution in [2.24, 2.45) is 0 Å². The minimum absolute atomic E-state index is 0.152. The monoisotopic (exact) mass is 380 g/mol. The molecule has 0 spiro atoms. The largest absolute Gasteiger partial charge is 0.494 e. The molecule has 1 unspecified atom stereocenters. The number of hydrogen-bond donors (Lipinski definition) is 3. The first-order valence-electron chi connectivity index (χ1n) is 9.73. The number of amides is 3. The Hall–Kier alpha value is -2.15. The van der Waals surface area contributed by atoms with Gasteiger partial charge in [-0.1, -0.05) is 19.3 Å². The molecule has 2 atom stereocenters. The summed E-state index contributed by atoms with van der Waals surface area (Å²) < 4.78 is 18.8. The Labute approximate surface area is 160 Å². The van der Waals surface area contributed by atoms with Crippen molar-refractivity contribution in [3.8, 4) is 5.75 Å². The number of ether oxygens (including phenoxy) is 1. The molecule has 150 valence electrons. The van der Waals surface area contributed by atoms with Crippen molar-refractivity contribution < 1.29 is 23.6 Å². The summed E-state index contributed by atoms with van der Waals surface area (Å²) in [6.07, 6.45) is 5.36. The molecule has 7 heteroatoms. The zero-order valence-electron chi connectivity index (χ0n) is 16.4. The van der Waals surface area contributed by atoms with E-state index in [0.29, 0.717) is 13.1 Å². The highest BCUT2D eigenvalue weighted by Gasteiger charge is 2.26. The highest BCUT2D eigenvalue weighted by Crippen LogP contribution is 2.18. The molecule has 0 aliphatic heterocycles. The molecule has 1 aromatic rings. The molecule has 3 amide bonds. The van der Waals surface area contributed by atoms with Crippen LogP contribution in [0.5, 0.6) is 5.75 Å². The van der Waals surface area contributed by atoms with E-state index in [0.717, 1.165) is 36.1 Å².